The minimum Gasteiger partial charge on any atom is -0.273 e. The number of carbonyl (C=O) groups excluding carboxylic acids is 2. The second-order valence-corrected chi connectivity index (χ2v) is 8.07. The average Bonchev–Trinajstić information content (AvgIpc) is 2.86. The van der Waals surface area contributed by atoms with Crippen LogP contribution in [0.2, 0.25) is 10.0 Å². The summed E-state index contributed by atoms with van der Waals surface area (Å²) < 4.78 is 22.6. The summed E-state index contributed by atoms with van der Waals surface area (Å²) in [6, 6.07) is 4.99. The zero-order valence-corrected chi connectivity index (χ0v) is 14.2. The summed E-state index contributed by atoms with van der Waals surface area (Å²) in [6.45, 7) is 0. The molecule has 2 rings (SSSR count). The highest BCUT2D eigenvalue weighted by Crippen LogP contribution is 2.26. The van der Waals surface area contributed by atoms with Crippen molar-refractivity contribution in [3.8, 4) is 0 Å². The normalized spacial score (nSPS) is 19.7. The fourth-order valence-corrected chi connectivity index (χ4v) is 4.20. The molecule has 9 heteroatoms. The van der Waals surface area contributed by atoms with Gasteiger partial charge in [-0.3, -0.25) is 20.4 Å². The molecule has 1 aromatic rings. The van der Waals surface area contributed by atoms with Gasteiger partial charge in [-0.05, 0) is 24.1 Å². The molecule has 1 aliphatic heterocycles. The van der Waals surface area contributed by atoms with Gasteiger partial charge >= 0.3 is 0 Å². The number of rotatable bonds is 3. The molecule has 0 unspecified atom stereocenters. The van der Waals surface area contributed by atoms with Crippen molar-refractivity contribution in [2.24, 2.45) is 5.92 Å². The predicted octanol–water partition coefficient (Wildman–Crippen LogP) is 1.59. The first-order valence-corrected chi connectivity index (χ1v) is 9.28. The van der Waals surface area contributed by atoms with E-state index in [0.717, 1.165) is 0 Å². The number of carbonyl (C=O) groups is 2. The van der Waals surface area contributed by atoms with Gasteiger partial charge in [-0.2, -0.15) is 0 Å². The average molecular weight is 377 g/mol. The smallest absolute Gasteiger partial charge is 0.262 e. The second kappa shape index (κ2) is 7.33. The van der Waals surface area contributed by atoms with Gasteiger partial charge in [0.05, 0.1) is 27.5 Å². The molecule has 0 saturated carbocycles. The minimum absolute atomic E-state index is 0.00774. The van der Waals surface area contributed by atoms with Gasteiger partial charge in [-0.25, -0.2) is 8.42 Å². The standard InChI is InChI=1S/C14H14Cl2N2O4S/c15-11-3-1-2-9(13(11)16)4-5-12(19)17-18-14(20)10-6-7-23(21,22)8-10/h1-5,10H,6-8H2,(H,17,19)(H,18,20)/b5-4+/t10-/m1/s1. The summed E-state index contributed by atoms with van der Waals surface area (Å²) in [5.74, 6) is -1.93. The van der Waals surface area contributed by atoms with Crippen LogP contribution in [0.3, 0.4) is 0 Å². The predicted molar refractivity (Wildman–Crippen MR) is 88.5 cm³/mol. The SMILES string of the molecule is O=C(/C=C/c1cccc(Cl)c1Cl)NNC(=O)[C@@H]1CCS(=O)(=O)C1. The minimum atomic E-state index is -3.15. The van der Waals surface area contributed by atoms with E-state index in [2.05, 4.69) is 10.9 Å². The zero-order chi connectivity index (χ0) is 17.0. The number of halogens is 2. The van der Waals surface area contributed by atoms with E-state index in [-0.39, 0.29) is 17.9 Å². The zero-order valence-electron chi connectivity index (χ0n) is 11.9. The molecule has 1 aliphatic rings. The quantitative estimate of drug-likeness (QED) is 0.618. The molecule has 0 spiro atoms. The van der Waals surface area contributed by atoms with Crippen molar-refractivity contribution in [1.29, 1.82) is 0 Å². The number of hydrazine groups is 1. The molecule has 1 saturated heterocycles. The molecule has 2 N–H and O–H groups in total. The Bertz CT molecular complexity index is 762. The molecule has 23 heavy (non-hydrogen) atoms. The largest absolute Gasteiger partial charge is 0.273 e. The van der Waals surface area contributed by atoms with Crippen molar-refractivity contribution < 1.29 is 18.0 Å². The maximum absolute atomic E-state index is 11.8. The van der Waals surface area contributed by atoms with E-state index in [9.17, 15) is 18.0 Å². The lowest BCUT2D eigenvalue weighted by Crippen LogP contribution is -2.44. The van der Waals surface area contributed by atoms with Crippen molar-refractivity contribution in [1.82, 2.24) is 10.9 Å². The molecular formula is C14H14Cl2N2O4S. The van der Waals surface area contributed by atoms with Crippen molar-refractivity contribution in [2.45, 2.75) is 6.42 Å². The highest BCUT2D eigenvalue weighted by molar-refractivity contribution is 7.91. The number of sulfone groups is 1. The van der Waals surface area contributed by atoms with Crippen LogP contribution in [0.1, 0.15) is 12.0 Å². The first-order chi connectivity index (χ1) is 10.8. The molecule has 0 aliphatic carbocycles. The Labute approximate surface area is 143 Å². The van der Waals surface area contributed by atoms with Gasteiger partial charge in [0.1, 0.15) is 0 Å². The molecule has 0 aromatic heterocycles. The summed E-state index contributed by atoms with van der Waals surface area (Å²) in [7, 11) is -3.15. The lowest BCUT2D eigenvalue weighted by Gasteiger charge is -2.09. The lowest BCUT2D eigenvalue weighted by atomic mass is 10.1. The molecule has 1 atom stereocenters. The van der Waals surface area contributed by atoms with E-state index in [1.807, 2.05) is 0 Å². The van der Waals surface area contributed by atoms with Crippen LogP contribution in [0, 0.1) is 5.92 Å². The molecule has 1 fully saturated rings. The maximum Gasteiger partial charge on any atom is 0.262 e. The maximum atomic E-state index is 11.8. The molecular weight excluding hydrogens is 363 g/mol. The Hall–Kier alpha value is -1.57. The van der Waals surface area contributed by atoms with Crippen LogP contribution in [0.15, 0.2) is 24.3 Å². The van der Waals surface area contributed by atoms with E-state index in [4.69, 9.17) is 23.2 Å². The number of hydrogen-bond acceptors (Lipinski definition) is 4. The van der Waals surface area contributed by atoms with Crippen molar-refractivity contribution in [3.63, 3.8) is 0 Å². The molecule has 6 nitrogen and oxygen atoms in total. The van der Waals surface area contributed by atoms with Crippen molar-refractivity contribution in [3.05, 3.63) is 39.9 Å². The van der Waals surface area contributed by atoms with Crippen molar-refractivity contribution >= 4 is 50.9 Å². The van der Waals surface area contributed by atoms with Gasteiger partial charge in [-0.15, -0.1) is 0 Å². The third-order valence-corrected chi connectivity index (χ3v) is 5.91. The summed E-state index contributed by atoms with van der Waals surface area (Å²) in [5, 5.41) is 0.684. The fraction of sp³-hybridized carbons (Fsp3) is 0.286. The molecule has 0 radical (unpaired) electrons. The second-order valence-electron chi connectivity index (χ2n) is 5.05. The van der Waals surface area contributed by atoms with Gasteiger partial charge in [0.2, 0.25) is 5.91 Å². The van der Waals surface area contributed by atoms with Crippen molar-refractivity contribution in [2.75, 3.05) is 11.5 Å². The van der Waals surface area contributed by atoms with Gasteiger partial charge in [0.15, 0.2) is 9.84 Å². The van der Waals surface area contributed by atoms with Gasteiger partial charge in [0.25, 0.3) is 5.91 Å². The van der Waals surface area contributed by atoms with E-state index in [1.54, 1.807) is 18.2 Å². The van der Waals surface area contributed by atoms with Gasteiger partial charge in [-0.1, -0.05) is 35.3 Å². The third-order valence-electron chi connectivity index (χ3n) is 3.31. The Morgan fingerprint density at radius 1 is 1.22 bits per heavy atom. The number of nitrogens with one attached hydrogen (secondary N) is 2. The van der Waals surface area contributed by atoms with E-state index in [1.165, 1.54) is 12.2 Å². The number of amides is 2. The highest BCUT2D eigenvalue weighted by Gasteiger charge is 2.32. The fourth-order valence-electron chi connectivity index (χ4n) is 2.08. The summed E-state index contributed by atoms with van der Waals surface area (Å²) in [6.07, 6.45) is 2.90. The first kappa shape index (κ1) is 17.8. The number of benzene rings is 1. The van der Waals surface area contributed by atoms with Crippen LogP contribution in [-0.4, -0.2) is 31.7 Å². The Kier molecular flexibility index (Phi) is 5.67. The molecule has 2 amide bonds. The van der Waals surface area contributed by atoms with Crippen LogP contribution >= 0.6 is 23.2 Å². The summed E-state index contributed by atoms with van der Waals surface area (Å²) in [5.41, 5.74) is 4.96. The van der Waals surface area contributed by atoms with Crippen LogP contribution in [0.25, 0.3) is 6.08 Å². The summed E-state index contributed by atoms with van der Waals surface area (Å²) in [4.78, 5) is 23.4. The van der Waals surface area contributed by atoms with Crippen LogP contribution < -0.4 is 10.9 Å². The third kappa shape index (κ3) is 4.95. The monoisotopic (exact) mass is 376 g/mol. The molecule has 1 heterocycles. The highest BCUT2D eigenvalue weighted by atomic mass is 35.5. The van der Waals surface area contributed by atoms with E-state index in [0.29, 0.717) is 15.6 Å². The van der Waals surface area contributed by atoms with Gasteiger partial charge < -0.3 is 0 Å². The van der Waals surface area contributed by atoms with E-state index >= 15 is 0 Å². The Morgan fingerprint density at radius 2 is 1.96 bits per heavy atom. The topological polar surface area (TPSA) is 92.3 Å². The van der Waals surface area contributed by atoms with Crippen LogP contribution in [0.5, 0.6) is 0 Å². The van der Waals surface area contributed by atoms with E-state index < -0.39 is 27.6 Å². The summed E-state index contributed by atoms with van der Waals surface area (Å²) >= 11 is 11.8. The Balaban J connectivity index is 1.87. The lowest BCUT2D eigenvalue weighted by molar-refractivity contribution is -0.129. The first-order valence-electron chi connectivity index (χ1n) is 6.71. The van der Waals surface area contributed by atoms with Gasteiger partial charge in [0, 0.05) is 6.08 Å². The molecule has 124 valence electrons. The van der Waals surface area contributed by atoms with Crippen LogP contribution in [-0.2, 0) is 19.4 Å². The number of hydrogen-bond donors (Lipinski definition) is 2. The molecule has 1 aromatic carbocycles. The molecule has 0 bridgehead atoms. The Morgan fingerprint density at radius 3 is 2.61 bits per heavy atom. The van der Waals surface area contributed by atoms with Crippen LogP contribution in [0.4, 0.5) is 0 Å².